The van der Waals surface area contributed by atoms with E-state index in [0.717, 1.165) is 0 Å². The molecule has 0 aliphatic carbocycles. The van der Waals surface area contributed by atoms with E-state index in [1.54, 1.807) is 18.2 Å². The number of halogens is 1. The maximum Gasteiger partial charge on any atom is 0.272 e. The lowest BCUT2D eigenvalue weighted by molar-refractivity contribution is -0.385. The van der Waals surface area contributed by atoms with Crippen molar-refractivity contribution in [3.63, 3.8) is 0 Å². The third-order valence-corrected chi connectivity index (χ3v) is 2.26. The number of alkyl halides is 1. The van der Waals surface area contributed by atoms with Crippen molar-refractivity contribution < 1.29 is 4.92 Å². The van der Waals surface area contributed by atoms with Gasteiger partial charge in [-0.05, 0) is 0 Å². The first-order chi connectivity index (χ1) is 6.65. The molecule has 5 heteroatoms. The zero-order chi connectivity index (χ0) is 10.6. The minimum atomic E-state index is -0.438. The van der Waals surface area contributed by atoms with Crippen LogP contribution in [0.4, 0.5) is 5.69 Å². The van der Waals surface area contributed by atoms with Gasteiger partial charge in [0.2, 0.25) is 0 Å². The predicted molar refractivity (Wildman–Crippen MR) is 55.1 cm³/mol. The molecule has 0 radical (unpaired) electrons. The molecule has 0 bridgehead atoms. The lowest BCUT2D eigenvalue weighted by Gasteiger charge is -2.02. The number of hydrogen-bond acceptors (Lipinski definition) is 3. The van der Waals surface area contributed by atoms with Crippen LogP contribution in [0.15, 0.2) is 24.3 Å². The monoisotopic (exact) mass is 254 g/mol. The first-order valence-electron chi connectivity index (χ1n) is 3.91. The summed E-state index contributed by atoms with van der Waals surface area (Å²) in [5, 5.41) is 19.2. The maximum atomic E-state index is 10.6. The lowest BCUT2D eigenvalue weighted by atomic mass is 10.1. The van der Waals surface area contributed by atoms with Crippen LogP contribution >= 0.6 is 15.9 Å². The molecular weight excluding hydrogens is 248 g/mol. The quantitative estimate of drug-likeness (QED) is 0.473. The normalized spacial score (nSPS) is 11.7. The van der Waals surface area contributed by atoms with Crippen molar-refractivity contribution in [2.75, 3.05) is 0 Å². The van der Waals surface area contributed by atoms with Crippen LogP contribution in [0.3, 0.4) is 0 Å². The Hall–Kier alpha value is -1.41. The molecule has 0 N–H and O–H groups in total. The number of hydrogen-bond donors (Lipinski definition) is 0. The second-order valence-electron chi connectivity index (χ2n) is 2.69. The summed E-state index contributed by atoms with van der Waals surface area (Å²) in [7, 11) is 0. The van der Waals surface area contributed by atoms with Crippen LogP contribution in [0.5, 0.6) is 0 Å². The topological polar surface area (TPSA) is 66.9 Å². The number of para-hydroxylation sites is 1. The molecule has 0 aromatic heterocycles. The number of benzene rings is 1. The first-order valence-corrected chi connectivity index (χ1v) is 4.82. The molecule has 0 heterocycles. The zero-order valence-electron chi connectivity index (χ0n) is 7.18. The van der Waals surface area contributed by atoms with E-state index in [2.05, 4.69) is 15.9 Å². The van der Waals surface area contributed by atoms with E-state index < -0.39 is 4.92 Å². The lowest BCUT2D eigenvalue weighted by Crippen LogP contribution is -2.02. The molecule has 0 spiro atoms. The minimum absolute atomic E-state index is 0.0622. The summed E-state index contributed by atoms with van der Waals surface area (Å²) in [4.78, 5) is 9.78. The fraction of sp³-hybridized carbons (Fsp3) is 0.222. The van der Waals surface area contributed by atoms with Gasteiger partial charge in [-0.2, -0.15) is 5.26 Å². The summed E-state index contributed by atoms with van der Waals surface area (Å²) in [6.45, 7) is 0. The molecule has 0 saturated carbocycles. The number of nitro groups is 1. The molecule has 4 nitrogen and oxygen atoms in total. The van der Waals surface area contributed by atoms with Crippen molar-refractivity contribution in [3.8, 4) is 6.07 Å². The highest BCUT2D eigenvalue weighted by Gasteiger charge is 2.14. The number of nitro benzene ring substituents is 1. The Kier molecular flexibility index (Phi) is 3.60. The van der Waals surface area contributed by atoms with Gasteiger partial charge in [0.15, 0.2) is 0 Å². The second-order valence-corrected chi connectivity index (χ2v) is 3.79. The molecule has 0 fully saturated rings. The Bertz CT molecular complexity index is 387. The van der Waals surface area contributed by atoms with Crippen LogP contribution in [0.25, 0.3) is 0 Å². The van der Waals surface area contributed by atoms with E-state index in [1.165, 1.54) is 6.07 Å². The summed E-state index contributed by atoms with van der Waals surface area (Å²) in [6.07, 6.45) is 0.341. The second kappa shape index (κ2) is 4.72. The largest absolute Gasteiger partial charge is 0.272 e. The summed E-state index contributed by atoms with van der Waals surface area (Å²) in [5.74, 6) is 0. The number of rotatable bonds is 3. The van der Waals surface area contributed by atoms with Gasteiger partial charge in [0, 0.05) is 18.1 Å². The van der Waals surface area contributed by atoms with Crippen LogP contribution in [-0.2, 0) is 6.42 Å². The molecule has 1 unspecified atom stereocenters. The van der Waals surface area contributed by atoms with Crippen LogP contribution in [0, 0.1) is 21.4 Å². The predicted octanol–water partition coefficient (Wildman–Crippen LogP) is 2.42. The third kappa shape index (κ3) is 2.54. The van der Waals surface area contributed by atoms with Gasteiger partial charge in [0.25, 0.3) is 5.69 Å². The summed E-state index contributed by atoms with van der Waals surface area (Å²) in [6, 6.07) is 8.40. The fourth-order valence-electron chi connectivity index (χ4n) is 1.10. The molecule has 1 rings (SSSR count). The van der Waals surface area contributed by atoms with Gasteiger partial charge in [-0.15, -0.1) is 0 Å². The van der Waals surface area contributed by atoms with Gasteiger partial charge in [0.05, 0.1) is 11.0 Å². The average molecular weight is 255 g/mol. The molecular formula is C9H7BrN2O2. The van der Waals surface area contributed by atoms with E-state index in [4.69, 9.17) is 5.26 Å². The SMILES string of the molecule is N#CC(Br)Cc1ccccc1[N+](=O)[O-]. The highest BCUT2D eigenvalue weighted by Crippen LogP contribution is 2.20. The summed E-state index contributed by atoms with van der Waals surface area (Å²) in [5.41, 5.74) is 0.633. The third-order valence-electron chi connectivity index (χ3n) is 1.73. The highest BCUT2D eigenvalue weighted by atomic mass is 79.9. The number of nitrogens with zero attached hydrogens (tertiary/aromatic N) is 2. The van der Waals surface area contributed by atoms with Crippen molar-refractivity contribution in [2.24, 2.45) is 0 Å². The molecule has 1 aromatic rings. The first kappa shape index (κ1) is 10.7. The standard InChI is InChI=1S/C9H7BrN2O2/c10-8(6-11)5-7-3-1-2-4-9(7)12(13)14/h1-4,8H,5H2. The van der Waals surface area contributed by atoms with Crippen molar-refractivity contribution >= 4 is 21.6 Å². The minimum Gasteiger partial charge on any atom is -0.258 e. The summed E-state index contributed by atoms with van der Waals surface area (Å²) < 4.78 is 0. The molecule has 1 aromatic carbocycles. The van der Waals surface area contributed by atoms with Crippen molar-refractivity contribution in [1.29, 1.82) is 5.26 Å². The molecule has 0 amide bonds. The fourth-order valence-corrected chi connectivity index (χ4v) is 1.45. The highest BCUT2D eigenvalue weighted by molar-refractivity contribution is 9.09. The van der Waals surface area contributed by atoms with Gasteiger partial charge >= 0.3 is 0 Å². The molecule has 0 aliphatic heterocycles. The molecule has 0 saturated heterocycles. The zero-order valence-corrected chi connectivity index (χ0v) is 8.77. The van der Waals surface area contributed by atoms with Gasteiger partial charge < -0.3 is 0 Å². The van der Waals surface area contributed by atoms with Gasteiger partial charge in [0.1, 0.15) is 4.83 Å². The Morgan fingerprint density at radius 3 is 2.79 bits per heavy atom. The maximum absolute atomic E-state index is 10.6. The smallest absolute Gasteiger partial charge is 0.258 e. The van der Waals surface area contributed by atoms with Gasteiger partial charge in [-0.3, -0.25) is 10.1 Å². The van der Waals surface area contributed by atoms with Crippen LogP contribution in [0.2, 0.25) is 0 Å². The average Bonchev–Trinajstić information content (AvgIpc) is 2.18. The molecule has 0 aliphatic rings. The number of nitriles is 1. The van der Waals surface area contributed by atoms with Crippen LogP contribution in [0.1, 0.15) is 5.56 Å². The van der Waals surface area contributed by atoms with Crippen molar-refractivity contribution in [3.05, 3.63) is 39.9 Å². The Labute approximate surface area is 89.4 Å². The molecule has 72 valence electrons. The van der Waals surface area contributed by atoms with E-state index in [0.29, 0.717) is 12.0 Å². The van der Waals surface area contributed by atoms with E-state index in [-0.39, 0.29) is 10.5 Å². The van der Waals surface area contributed by atoms with E-state index in [1.807, 2.05) is 6.07 Å². The van der Waals surface area contributed by atoms with Gasteiger partial charge in [-0.25, -0.2) is 0 Å². The Morgan fingerprint density at radius 1 is 1.57 bits per heavy atom. The van der Waals surface area contributed by atoms with E-state index in [9.17, 15) is 10.1 Å². The van der Waals surface area contributed by atoms with Crippen molar-refractivity contribution in [1.82, 2.24) is 0 Å². The molecule has 1 atom stereocenters. The Balaban J connectivity index is 2.97. The van der Waals surface area contributed by atoms with E-state index >= 15 is 0 Å². The van der Waals surface area contributed by atoms with Crippen LogP contribution < -0.4 is 0 Å². The van der Waals surface area contributed by atoms with Crippen LogP contribution in [-0.4, -0.2) is 9.75 Å². The summed E-state index contributed by atoms with van der Waals surface area (Å²) >= 11 is 3.11. The molecule has 14 heavy (non-hydrogen) atoms. The Morgan fingerprint density at radius 2 is 2.21 bits per heavy atom. The van der Waals surface area contributed by atoms with Gasteiger partial charge in [-0.1, -0.05) is 34.1 Å². The van der Waals surface area contributed by atoms with Crippen molar-refractivity contribution in [2.45, 2.75) is 11.2 Å².